The molecule has 2 unspecified atom stereocenters. The highest BCUT2D eigenvalue weighted by atomic mass is 35.5. The lowest BCUT2D eigenvalue weighted by atomic mass is 9.83. The summed E-state index contributed by atoms with van der Waals surface area (Å²) < 4.78 is 6.64. The largest absolute Gasteiger partial charge is 0.378 e. The number of ether oxygens (including phenoxy) is 1. The zero-order chi connectivity index (χ0) is 24.1. The molecule has 3 atom stereocenters. The average Bonchev–Trinajstić information content (AvgIpc) is 3.26. The third-order valence-electron chi connectivity index (χ3n) is 6.16. The summed E-state index contributed by atoms with van der Waals surface area (Å²) in [7, 11) is 0. The quantitative estimate of drug-likeness (QED) is 0.597. The monoisotopic (exact) mass is 522 g/mol. The van der Waals surface area contributed by atoms with E-state index in [0.717, 1.165) is 23.1 Å². The maximum Gasteiger partial charge on any atom is 0.328 e. The van der Waals surface area contributed by atoms with E-state index in [1.165, 1.54) is 4.57 Å². The predicted molar refractivity (Wildman–Crippen MR) is 124 cm³/mol. The van der Waals surface area contributed by atoms with Gasteiger partial charge in [-0.05, 0) is 17.7 Å². The van der Waals surface area contributed by atoms with Crippen LogP contribution in [-0.4, -0.2) is 69.7 Å². The molecule has 0 radical (unpaired) electrons. The Hall–Kier alpha value is -2.67. The zero-order valence-electron chi connectivity index (χ0n) is 17.6. The minimum absolute atomic E-state index is 0.190. The maximum absolute atomic E-state index is 13.1. The first-order valence-electron chi connectivity index (χ1n) is 10.5. The summed E-state index contributed by atoms with van der Waals surface area (Å²) >= 11 is 8.01. The van der Waals surface area contributed by atoms with Crippen LogP contribution >= 0.6 is 34.7 Å². The Balaban J connectivity index is 1.59. The normalized spacial score (nSPS) is 24.2. The van der Waals surface area contributed by atoms with Crippen LogP contribution in [0.1, 0.15) is 16.4 Å². The smallest absolute Gasteiger partial charge is 0.328 e. The van der Waals surface area contributed by atoms with Gasteiger partial charge in [-0.25, -0.2) is 4.79 Å². The van der Waals surface area contributed by atoms with Crippen LogP contribution in [0.15, 0.2) is 34.1 Å². The van der Waals surface area contributed by atoms with Crippen molar-refractivity contribution in [2.24, 2.45) is 11.7 Å². The van der Waals surface area contributed by atoms with E-state index in [1.54, 1.807) is 29.2 Å². The van der Waals surface area contributed by atoms with E-state index in [-0.39, 0.29) is 17.3 Å². The second kappa shape index (κ2) is 8.84. The summed E-state index contributed by atoms with van der Waals surface area (Å²) in [6.45, 7) is 1.54. The van der Waals surface area contributed by atoms with Crippen molar-refractivity contribution in [3.63, 3.8) is 0 Å². The number of benzene rings is 1. The molecule has 0 bridgehead atoms. The standard InChI is InChI=1S/C21H19ClN4O6S2/c22-11-3-1-10(2-4-11)13-14-15(18(29)26(17(14)28)20(23)30)33-19-16(13)34-21(31)25(19)9-12(27)24-5-7-32-8-6-24/h1-4,13-15H,5-9H2,(H2,23,30)/t13-,14?,15?/m0/s1. The minimum atomic E-state index is -1.14. The summed E-state index contributed by atoms with van der Waals surface area (Å²) in [4.78, 5) is 66.2. The van der Waals surface area contributed by atoms with E-state index in [9.17, 15) is 24.0 Å². The molecule has 2 aromatic rings. The Labute approximate surface area is 206 Å². The number of halogens is 1. The van der Waals surface area contributed by atoms with E-state index in [0.29, 0.717) is 51.7 Å². The highest BCUT2D eigenvalue weighted by Gasteiger charge is 2.57. The molecule has 2 fully saturated rings. The number of imide groups is 3. The molecular weight excluding hydrogens is 504 g/mol. The van der Waals surface area contributed by atoms with Crippen LogP contribution in [0.4, 0.5) is 4.79 Å². The molecule has 178 valence electrons. The van der Waals surface area contributed by atoms with Gasteiger partial charge >= 0.3 is 10.9 Å². The number of thioether (sulfide) groups is 1. The van der Waals surface area contributed by atoms with Crippen molar-refractivity contribution < 1.29 is 23.9 Å². The van der Waals surface area contributed by atoms with E-state index in [1.807, 2.05) is 0 Å². The Morgan fingerprint density at radius 2 is 1.76 bits per heavy atom. The topological polar surface area (TPSA) is 132 Å². The van der Waals surface area contributed by atoms with Gasteiger partial charge in [-0.3, -0.25) is 23.7 Å². The van der Waals surface area contributed by atoms with Gasteiger partial charge < -0.3 is 15.4 Å². The summed E-state index contributed by atoms with van der Waals surface area (Å²) in [5, 5.41) is -0.0163. The lowest BCUT2D eigenvalue weighted by Gasteiger charge is -2.31. The maximum atomic E-state index is 13.1. The number of urea groups is 1. The van der Waals surface area contributed by atoms with Gasteiger partial charge in [-0.2, -0.15) is 4.90 Å². The van der Waals surface area contributed by atoms with Crippen molar-refractivity contribution in [3.05, 3.63) is 49.4 Å². The Bertz CT molecular complexity index is 1250. The first-order chi connectivity index (χ1) is 16.3. The van der Waals surface area contributed by atoms with Crippen LogP contribution in [0, 0.1) is 5.92 Å². The van der Waals surface area contributed by atoms with E-state index >= 15 is 0 Å². The van der Waals surface area contributed by atoms with Gasteiger partial charge in [-0.15, -0.1) is 0 Å². The van der Waals surface area contributed by atoms with Crippen molar-refractivity contribution in [1.82, 2.24) is 14.4 Å². The molecule has 1 aromatic carbocycles. The minimum Gasteiger partial charge on any atom is -0.378 e. The molecule has 0 saturated carbocycles. The lowest BCUT2D eigenvalue weighted by molar-refractivity contribution is -0.137. The molecule has 34 heavy (non-hydrogen) atoms. The molecule has 3 aliphatic heterocycles. The molecular formula is C21H19ClN4O6S2. The number of carbonyl (C=O) groups excluding carboxylic acids is 4. The number of hydrogen-bond acceptors (Lipinski definition) is 8. The summed E-state index contributed by atoms with van der Waals surface area (Å²) in [5.41, 5.74) is 5.99. The lowest BCUT2D eigenvalue weighted by Crippen LogP contribution is -2.43. The van der Waals surface area contributed by atoms with Crippen molar-refractivity contribution >= 4 is 58.5 Å². The van der Waals surface area contributed by atoms with E-state index < -0.39 is 34.9 Å². The van der Waals surface area contributed by atoms with Crippen LogP contribution in [0.5, 0.6) is 0 Å². The van der Waals surface area contributed by atoms with Gasteiger partial charge in [-0.1, -0.05) is 46.8 Å². The summed E-state index contributed by atoms with van der Waals surface area (Å²) in [6.07, 6.45) is 0. The number of rotatable bonds is 3. The first-order valence-corrected chi connectivity index (χ1v) is 12.5. The number of carbonyl (C=O) groups is 4. The first kappa shape index (κ1) is 23.1. The molecule has 5 rings (SSSR count). The molecule has 13 heteroatoms. The number of nitrogens with two attached hydrogens (primary N) is 1. The Kier molecular flexibility index (Phi) is 6.00. The van der Waals surface area contributed by atoms with Gasteiger partial charge in [0.25, 0.3) is 5.91 Å². The van der Waals surface area contributed by atoms with Crippen molar-refractivity contribution in [3.8, 4) is 0 Å². The van der Waals surface area contributed by atoms with Gasteiger partial charge in [0.15, 0.2) is 0 Å². The van der Waals surface area contributed by atoms with Gasteiger partial charge in [0.05, 0.1) is 24.2 Å². The number of likely N-dealkylation sites (tertiary alicyclic amines) is 1. The fraction of sp³-hybridized carbons (Fsp3) is 0.381. The zero-order valence-corrected chi connectivity index (χ0v) is 20.0. The van der Waals surface area contributed by atoms with Crippen molar-refractivity contribution in [2.45, 2.75) is 22.7 Å². The third-order valence-corrected chi connectivity index (χ3v) is 9.01. The van der Waals surface area contributed by atoms with Crippen LogP contribution in [-0.2, 0) is 25.7 Å². The van der Waals surface area contributed by atoms with Crippen LogP contribution < -0.4 is 10.6 Å². The van der Waals surface area contributed by atoms with Gasteiger partial charge in [0.2, 0.25) is 11.8 Å². The highest BCUT2D eigenvalue weighted by molar-refractivity contribution is 8.00. The molecule has 5 amide bonds. The van der Waals surface area contributed by atoms with Gasteiger partial charge in [0, 0.05) is 28.9 Å². The summed E-state index contributed by atoms with van der Waals surface area (Å²) in [5.74, 6) is -3.24. The van der Waals surface area contributed by atoms with Crippen LogP contribution in [0.25, 0.3) is 0 Å². The van der Waals surface area contributed by atoms with Crippen molar-refractivity contribution in [2.75, 3.05) is 26.3 Å². The van der Waals surface area contributed by atoms with Crippen molar-refractivity contribution in [1.29, 1.82) is 0 Å². The van der Waals surface area contributed by atoms with Crippen LogP contribution in [0.3, 0.4) is 0 Å². The number of primary amides is 1. The van der Waals surface area contributed by atoms with E-state index in [4.69, 9.17) is 22.1 Å². The number of aromatic nitrogens is 1. The third kappa shape index (κ3) is 3.74. The molecule has 4 heterocycles. The predicted octanol–water partition coefficient (Wildman–Crippen LogP) is 1.09. The van der Waals surface area contributed by atoms with Crippen LogP contribution in [0.2, 0.25) is 5.02 Å². The number of hydrogen-bond donors (Lipinski definition) is 1. The summed E-state index contributed by atoms with van der Waals surface area (Å²) in [6, 6.07) is 5.62. The molecule has 10 nitrogen and oxygen atoms in total. The highest BCUT2D eigenvalue weighted by Crippen LogP contribution is 2.53. The fourth-order valence-electron chi connectivity index (χ4n) is 4.55. The SMILES string of the molecule is NC(=O)N1C(=O)C2Sc3c(sc(=O)n3CC(=O)N3CCOCC3)[C@@H](c3ccc(Cl)cc3)C2C1=O. The second-order valence-corrected chi connectivity index (χ2v) is 10.6. The molecule has 0 spiro atoms. The number of nitrogens with zero attached hydrogens (tertiary/aromatic N) is 3. The fourth-order valence-corrected chi connectivity index (χ4v) is 7.45. The molecule has 0 aliphatic carbocycles. The molecule has 2 N–H and O–H groups in total. The van der Waals surface area contributed by atoms with E-state index in [2.05, 4.69) is 0 Å². The molecule has 1 aromatic heterocycles. The molecule has 2 saturated heterocycles. The number of amides is 5. The van der Waals surface area contributed by atoms with Gasteiger partial charge in [0.1, 0.15) is 11.8 Å². The number of thiazole rings is 1. The average molecular weight is 523 g/mol. The molecule has 3 aliphatic rings. The number of fused-ring (bicyclic) bond motifs is 2. The Morgan fingerprint density at radius 3 is 2.41 bits per heavy atom. The second-order valence-electron chi connectivity index (χ2n) is 8.06. The number of morpholine rings is 1. The Morgan fingerprint density at radius 1 is 1.09 bits per heavy atom.